The van der Waals surface area contributed by atoms with Gasteiger partial charge in [0.25, 0.3) is 0 Å². The summed E-state index contributed by atoms with van der Waals surface area (Å²) in [5.74, 6) is 0. The molecule has 0 aliphatic carbocycles. The number of para-hydroxylation sites is 2. The summed E-state index contributed by atoms with van der Waals surface area (Å²) >= 11 is 2.78. The van der Waals surface area contributed by atoms with Crippen LogP contribution in [0.25, 0.3) is 20.9 Å². The van der Waals surface area contributed by atoms with Crippen LogP contribution >= 0.6 is 22.7 Å². The second kappa shape index (κ2) is 9.48. The number of thiazole rings is 2. The minimum absolute atomic E-state index is 0.160. The average molecular weight is 466 g/mol. The summed E-state index contributed by atoms with van der Waals surface area (Å²) in [5.41, 5.74) is 6.04. The third kappa shape index (κ3) is 4.67. The summed E-state index contributed by atoms with van der Waals surface area (Å²) in [6, 6.07) is 28.9. The molecule has 0 aliphatic rings. The van der Waals surface area contributed by atoms with Crippen LogP contribution in [0.2, 0.25) is 0 Å². The van der Waals surface area contributed by atoms with Crippen LogP contribution in [-0.4, -0.2) is 15.7 Å². The smallest absolute Gasteiger partial charge is 0.196 e. The zero-order valence-corrected chi connectivity index (χ0v) is 18.7. The third-order valence-corrected chi connectivity index (χ3v) is 6.49. The Bertz CT molecular complexity index is 1460. The van der Waals surface area contributed by atoms with Crippen LogP contribution in [-0.2, 0) is 0 Å². The predicted molar refractivity (Wildman–Crippen MR) is 134 cm³/mol. The number of hydrogen-bond donors (Lipinski definition) is 1. The molecule has 0 atom stereocenters. The lowest BCUT2D eigenvalue weighted by atomic mass is 10.3. The standard InChI is InChI=1S/C24H15N7S2/c25-15-19(30-28-16-9-3-1-4-10-16)22-27-21(23-26-18-13-7-8-14-20(18)32-23)24(33-22)31-29-17-11-5-2-6-12-17/h1-14,28H/b30-19+,31-29?. The van der Waals surface area contributed by atoms with Gasteiger partial charge >= 0.3 is 0 Å². The van der Waals surface area contributed by atoms with Crippen LogP contribution in [0, 0.1) is 11.3 Å². The first-order valence-electron chi connectivity index (χ1n) is 9.93. The number of aromatic nitrogens is 2. The van der Waals surface area contributed by atoms with Gasteiger partial charge in [0, 0.05) is 0 Å². The highest BCUT2D eigenvalue weighted by atomic mass is 32.1. The number of hydrogen-bond acceptors (Lipinski definition) is 9. The van der Waals surface area contributed by atoms with Crippen molar-refractivity contribution in [2.75, 3.05) is 5.43 Å². The van der Waals surface area contributed by atoms with Crippen LogP contribution in [0.4, 0.5) is 16.4 Å². The summed E-state index contributed by atoms with van der Waals surface area (Å²) in [7, 11) is 0. The molecule has 0 amide bonds. The van der Waals surface area contributed by atoms with Crippen molar-refractivity contribution < 1.29 is 0 Å². The highest BCUT2D eigenvalue weighted by molar-refractivity contribution is 7.22. The SMILES string of the molecule is N#C/C(=N\Nc1ccccc1)c1nc(-c2nc3ccccc3s2)c(N=Nc2ccccc2)s1. The van der Waals surface area contributed by atoms with E-state index in [9.17, 15) is 5.26 Å². The highest BCUT2D eigenvalue weighted by Gasteiger charge is 2.20. The predicted octanol–water partition coefficient (Wildman–Crippen LogP) is 7.17. The number of benzene rings is 3. The highest BCUT2D eigenvalue weighted by Crippen LogP contribution is 2.40. The van der Waals surface area contributed by atoms with E-state index in [4.69, 9.17) is 9.97 Å². The monoisotopic (exact) mass is 465 g/mol. The van der Waals surface area contributed by atoms with E-state index < -0.39 is 0 Å². The lowest BCUT2D eigenvalue weighted by Crippen LogP contribution is -2.01. The normalized spacial score (nSPS) is 11.7. The molecule has 7 nitrogen and oxygen atoms in total. The molecule has 0 saturated heterocycles. The van der Waals surface area contributed by atoms with Gasteiger partial charge in [-0.3, -0.25) is 5.43 Å². The molecule has 2 aromatic heterocycles. The zero-order valence-electron chi connectivity index (χ0n) is 17.1. The van der Waals surface area contributed by atoms with Gasteiger partial charge in [0.2, 0.25) is 0 Å². The zero-order chi connectivity index (χ0) is 22.5. The van der Waals surface area contributed by atoms with Crippen molar-refractivity contribution in [2.45, 2.75) is 0 Å². The maximum atomic E-state index is 9.73. The largest absolute Gasteiger partial charge is 0.277 e. The Morgan fingerprint density at radius 3 is 2.30 bits per heavy atom. The van der Waals surface area contributed by atoms with Gasteiger partial charge < -0.3 is 0 Å². The Morgan fingerprint density at radius 2 is 1.55 bits per heavy atom. The molecule has 5 rings (SSSR count). The fraction of sp³-hybridized carbons (Fsp3) is 0. The van der Waals surface area contributed by atoms with E-state index in [-0.39, 0.29) is 5.71 Å². The Morgan fingerprint density at radius 1 is 0.818 bits per heavy atom. The summed E-state index contributed by atoms with van der Waals surface area (Å²) in [5, 5.41) is 24.5. The minimum atomic E-state index is 0.160. The number of rotatable bonds is 6. The van der Waals surface area contributed by atoms with Crippen molar-refractivity contribution in [1.82, 2.24) is 9.97 Å². The topological polar surface area (TPSA) is 98.7 Å². The van der Waals surface area contributed by atoms with Gasteiger partial charge in [-0.2, -0.15) is 10.4 Å². The van der Waals surface area contributed by atoms with Crippen LogP contribution in [0.3, 0.4) is 0 Å². The first-order valence-corrected chi connectivity index (χ1v) is 11.6. The van der Waals surface area contributed by atoms with Gasteiger partial charge in [-0.15, -0.1) is 21.6 Å². The Balaban J connectivity index is 1.56. The van der Waals surface area contributed by atoms with Gasteiger partial charge in [-0.1, -0.05) is 59.9 Å². The molecule has 9 heteroatoms. The average Bonchev–Trinajstić information content (AvgIpc) is 3.49. The first kappa shape index (κ1) is 20.6. The number of nitrogens with one attached hydrogen (secondary N) is 1. The van der Waals surface area contributed by atoms with E-state index in [0.29, 0.717) is 20.7 Å². The molecule has 0 aliphatic heterocycles. The number of hydrazone groups is 1. The third-order valence-electron chi connectivity index (χ3n) is 4.50. The molecule has 1 N–H and O–H groups in total. The molecule has 0 fully saturated rings. The summed E-state index contributed by atoms with van der Waals surface area (Å²) in [6.45, 7) is 0. The molecular weight excluding hydrogens is 450 g/mol. The minimum Gasteiger partial charge on any atom is -0.277 e. The Kier molecular flexibility index (Phi) is 5.93. The maximum absolute atomic E-state index is 9.73. The van der Waals surface area contributed by atoms with E-state index in [1.54, 1.807) is 0 Å². The molecule has 0 spiro atoms. The van der Waals surface area contributed by atoms with Gasteiger partial charge in [-0.25, -0.2) is 9.97 Å². The molecular formula is C24H15N7S2. The molecule has 0 saturated carbocycles. The molecule has 158 valence electrons. The number of anilines is 1. The van der Waals surface area contributed by atoms with E-state index in [1.165, 1.54) is 22.7 Å². The number of nitrogens with zero attached hydrogens (tertiary/aromatic N) is 6. The van der Waals surface area contributed by atoms with Crippen LogP contribution in [0.5, 0.6) is 0 Å². The van der Waals surface area contributed by atoms with Gasteiger partial charge in [-0.05, 0) is 36.4 Å². The number of nitriles is 1. The van der Waals surface area contributed by atoms with Crippen LogP contribution in [0.15, 0.2) is 100 Å². The van der Waals surface area contributed by atoms with E-state index in [2.05, 4.69) is 26.8 Å². The number of fused-ring (bicyclic) bond motifs is 1. The fourth-order valence-corrected chi connectivity index (χ4v) is 4.79. The lowest BCUT2D eigenvalue weighted by Gasteiger charge is -1.99. The molecule has 5 aromatic rings. The van der Waals surface area contributed by atoms with Gasteiger partial charge in [0.15, 0.2) is 15.7 Å². The summed E-state index contributed by atoms with van der Waals surface area (Å²) in [4.78, 5) is 9.40. The van der Waals surface area contributed by atoms with Gasteiger partial charge in [0.05, 0.1) is 21.6 Å². The van der Waals surface area contributed by atoms with Crippen LogP contribution < -0.4 is 5.43 Å². The molecule has 0 radical (unpaired) electrons. The molecule has 0 bridgehead atoms. The van der Waals surface area contributed by atoms with E-state index in [1.807, 2.05) is 84.9 Å². The van der Waals surface area contributed by atoms with Crippen molar-refractivity contribution >= 4 is 55.0 Å². The molecule has 3 aromatic carbocycles. The second-order valence-corrected chi connectivity index (χ2v) is 8.75. The van der Waals surface area contributed by atoms with E-state index in [0.717, 1.165) is 21.6 Å². The molecule has 0 unspecified atom stereocenters. The number of azo groups is 1. The van der Waals surface area contributed by atoms with Crippen molar-refractivity contribution in [3.63, 3.8) is 0 Å². The van der Waals surface area contributed by atoms with E-state index >= 15 is 0 Å². The Hall–Kier alpha value is -4.26. The summed E-state index contributed by atoms with van der Waals surface area (Å²) < 4.78 is 1.05. The lowest BCUT2D eigenvalue weighted by molar-refractivity contribution is 1.24. The Labute approximate surface area is 197 Å². The van der Waals surface area contributed by atoms with Crippen molar-refractivity contribution in [1.29, 1.82) is 5.26 Å². The van der Waals surface area contributed by atoms with Crippen molar-refractivity contribution in [2.24, 2.45) is 15.3 Å². The first-order chi connectivity index (χ1) is 16.3. The fourth-order valence-electron chi connectivity index (χ4n) is 2.95. The van der Waals surface area contributed by atoms with Gasteiger partial charge in [0.1, 0.15) is 16.8 Å². The maximum Gasteiger partial charge on any atom is 0.196 e. The van der Waals surface area contributed by atoms with Crippen molar-refractivity contribution in [3.8, 4) is 16.8 Å². The summed E-state index contributed by atoms with van der Waals surface area (Å²) in [6.07, 6.45) is 0. The van der Waals surface area contributed by atoms with Crippen molar-refractivity contribution in [3.05, 3.63) is 89.9 Å². The molecule has 33 heavy (non-hydrogen) atoms. The quantitative estimate of drug-likeness (QED) is 0.163. The molecule has 2 heterocycles. The van der Waals surface area contributed by atoms with Crippen LogP contribution in [0.1, 0.15) is 5.01 Å². The second-order valence-electron chi connectivity index (χ2n) is 6.75.